The molecule has 0 saturated heterocycles. The fourth-order valence-electron chi connectivity index (χ4n) is 2.94. The lowest BCUT2D eigenvalue weighted by Crippen LogP contribution is -2.32. The van der Waals surface area contributed by atoms with Gasteiger partial charge in [-0.1, -0.05) is 45.1 Å². The van der Waals surface area contributed by atoms with Gasteiger partial charge in [0.05, 0.1) is 0 Å². The first-order valence-corrected chi connectivity index (χ1v) is 7.14. The highest BCUT2D eigenvalue weighted by molar-refractivity contribution is 4.81. The zero-order valence-corrected chi connectivity index (χ0v) is 11.0. The quantitative estimate of drug-likeness (QED) is 0.641. The summed E-state index contributed by atoms with van der Waals surface area (Å²) in [4.78, 5) is 0. The van der Waals surface area contributed by atoms with Gasteiger partial charge in [-0.15, -0.1) is 6.58 Å². The summed E-state index contributed by atoms with van der Waals surface area (Å²) in [6.07, 6.45) is 14.0. The summed E-state index contributed by atoms with van der Waals surface area (Å²) in [6.45, 7) is 6.06. The Balaban J connectivity index is 2.17. The fourth-order valence-corrected chi connectivity index (χ4v) is 2.94. The lowest BCUT2D eigenvalue weighted by Gasteiger charge is -2.32. The number of rotatable bonds is 7. The molecule has 1 atom stereocenters. The molecule has 0 heterocycles. The van der Waals surface area contributed by atoms with E-state index < -0.39 is 0 Å². The first-order chi connectivity index (χ1) is 7.77. The molecule has 1 nitrogen and oxygen atoms in total. The Morgan fingerprint density at radius 2 is 2.00 bits per heavy atom. The molecule has 1 fully saturated rings. The molecular weight excluding hydrogens is 194 g/mol. The van der Waals surface area contributed by atoms with Gasteiger partial charge in [0.2, 0.25) is 0 Å². The van der Waals surface area contributed by atoms with Crippen LogP contribution in [0.25, 0.3) is 0 Å². The van der Waals surface area contributed by atoms with Crippen LogP contribution in [0.2, 0.25) is 0 Å². The Labute approximate surface area is 101 Å². The van der Waals surface area contributed by atoms with Gasteiger partial charge in [0.1, 0.15) is 0 Å². The third-order valence-corrected chi connectivity index (χ3v) is 4.17. The zero-order chi connectivity index (χ0) is 11.8. The highest BCUT2D eigenvalue weighted by Gasteiger charge is 2.24. The molecule has 0 aromatic rings. The van der Waals surface area contributed by atoms with Crippen molar-refractivity contribution in [1.29, 1.82) is 0 Å². The maximum atomic E-state index is 6.23. The maximum absolute atomic E-state index is 6.23. The van der Waals surface area contributed by atoms with Gasteiger partial charge in [-0.25, -0.2) is 0 Å². The average Bonchev–Trinajstić information content (AvgIpc) is 2.34. The Hall–Kier alpha value is -0.300. The van der Waals surface area contributed by atoms with Crippen LogP contribution in [0.1, 0.15) is 64.7 Å². The Morgan fingerprint density at radius 1 is 1.31 bits per heavy atom. The molecule has 0 aliphatic heterocycles. The molecule has 1 aliphatic rings. The summed E-state index contributed by atoms with van der Waals surface area (Å²) < 4.78 is 0. The molecule has 1 unspecified atom stereocenters. The van der Waals surface area contributed by atoms with Crippen molar-refractivity contribution in [2.45, 2.75) is 70.8 Å². The van der Waals surface area contributed by atoms with Gasteiger partial charge in [0.15, 0.2) is 0 Å². The van der Waals surface area contributed by atoms with E-state index in [4.69, 9.17) is 5.73 Å². The molecule has 0 spiro atoms. The molecular formula is C15H29N. The third kappa shape index (κ3) is 4.69. The number of unbranched alkanes of at least 4 members (excludes halogenated alkanes) is 1. The number of hydrogen-bond acceptors (Lipinski definition) is 1. The van der Waals surface area contributed by atoms with E-state index in [2.05, 4.69) is 13.5 Å². The van der Waals surface area contributed by atoms with Crippen molar-refractivity contribution in [3.8, 4) is 0 Å². The SMILES string of the molecule is C=CCCC(N)C1CCC(CCCC)CC1. The van der Waals surface area contributed by atoms with Crippen molar-refractivity contribution < 1.29 is 0 Å². The standard InChI is InChI=1S/C15H29N/c1-3-5-7-13-9-11-14(12-10-13)15(16)8-6-4-2/h4,13-15H,2-3,5-12,16H2,1H3. The van der Waals surface area contributed by atoms with Crippen molar-refractivity contribution in [1.82, 2.24) is 0 Å². The van der Waals surface area contributed by atoms with E-state index >= 15 is 0 Å². The molecule has 0 bridgehead atoms. The van der Waals surface area contributed by atoms with Gasteiger partial charge in [-0.05, 0) is 37.5 Å². The van der Waals surface area contributed by atoms with Crippen molar-refractivity contribution in [2.75, 3.05) is 0 Å². The lowest BCUT2D eigenvalue weighted by molar-refractivity contribution is 0.227. The van der Waals surface area contributed by atoms with E-state index in [1.54, 1.807) is 0 Å². The predicted molar refractivity (Wildman–Crippen MR) is 72.4 cm³/mol. The van der Waals surface area contributed by atoms with Crippen molar-refractivity contribution in [2.24, 2.45) is 17.6 Å². The second-order valence-electron chi connectivity index (χ2n) is 5.45. The van der Waals surface area contributed by atoms with Crippen LogP contribution in [-0.2, 0) is 0 Å². The molecule has 1 heteroatoms. The summed E-state index contributed by atoms with van der Waals surface area (Å²) in [5.41, 5.74) is 6.23. The van der Waals surface area contributed by atoms with E-state index in [0.717, 1.165) is 24.7 Å². The Bertz CT molecular complexity index is 180. The topological polar surface area (TPSA) is 26.0 Å². The van der Waals surface area contributed by atoms with Crippen molar-refractivity contribution in [3.63, 3.8) is 0 Å². The summed E-state index contributed by atoms with van der Waals surface area (Å²) >= 11 is 0. The minimum absolute atomic E-state index is 0.421. The van der Waals surface area contributed by atoms with E-state index in [1.165, 1.54) is 44.9 Å². The minimum Gasteiger partial charge on any atom is -0.327 e. The molecule has 0 aromatic carbocycles. The second-order valence-corrected chi connectivity index (χ2v) is 5.45. The van der Waals surface area contributed by atoms with Crippen LogP contribution in [0.15, 0.2) is 12.7 Å². The molecule has 0 radical (unpaired) electrons. The summed E-state index contributed by atoms with van der Waals surface area (Å²) in [7, 11) is 0. The van der Waals surface area contributed by atoms with Crippen LogP contribution in [0.5, 0.6) is 0 Å². The number of nitrogens with two attached hydrogens (primary N) is 1. The Morgan fingerprint density at radius 3 is 2.56 bits per heavy atom. The molecule has 1 aliphatic carbocycles. The summed E-state index contributed by atoms with van der Waals surface area (Å²) in [5, 5.41) is 0. The first kappa shape index (κ1) is 13.8. The maximum Gasteiger partial charge on any atom is 0.00701 e. The van der Waals surface area contributed by atoms with Crippen LogP contribution in [-0.4, -0.2) is 6.04 Å². The molecule has 1 saturated carbocycles. The van der Waals surface area contributed by atoms with E-state index in [0.29, 0.717) is 6.04 Å². The first-order valence-electron chi connectivity index (χ1n) is 7.14. The minimum atomic E-state index is 0.421. The smallest absolute Gasteiger partial charge is 0.00701 e. The van der Waals surface area contributed by atoms with Crippen molar-refractivity contribution >= 4 is 0 Å². The molecule has 0 aromatic heterocycles. The van der Waals surface area contributed by atoms with Gasteiger partial charge in [-0.3, -0.25) is 0 Å². The van der Waals surface area contributed by atoms with E-state index in [1.807, 2.05) is 6.08 Å². The molecule has 1 rings (SSSR count). The second kappa shape index (κ2) is 7.89. The van der Waals surface area contributed by atoms with Crippen LogP contribution in [0.3, 0.4) is 0 Å². The number of allylic oxidation sites excluding steroid dienone is 1. The van der Waals surface area contributed by atoms with Gasteiger partial charge < -0.3 is 5.73 Å². The highest BCUT2D eigenvalue weighted by atomic mass is 14.6. The van der Waals surface area contributed by atoms with Gasteiger partial charge >= 0.3 is 0 Å². The molecule has 2 N–H and O–H groups in total. The summed E-state index contributed by atoms with van der Waals surface area (Å²) in [5.74, 6) is 1.79. The van der Waals surface area contributed by atoms with Crippen LogP contribution < -0.4 is 5.73 Å². The molecule has 0 amide bonds. The van der Waals surface area contributed by atoms with Crippen molar-refractivity contribution in [3.05, 3.63) is 12.7 Å². The normalized spacial score (nSPS) is 27.6. The largest absolute Gasteiger partial charge is 0.327 e. The van der Waals surface area contributed by atoms with Crippen LogP contribution in [0.4, 0.5) is 0 Å². The highest BCUT2D eigenvalue weighted by Crippen LogP contribution is 2.33. The average molecular weight is 223 g/mol. The predicted octanol–water partition coefficient (Wildman–Crippen LogP) is 4.28. The fraction of sp³-hybridized carbons (Fsp3) is 0.867. The van der Waals surface area contributed by atoms with E-state index in [-0.39, 0.29) is 0 Å². The molecule has 16 heavy (non-hydrogen) atoms. The van der Waals surface area contributed by atoms with Gasteiger partial charge in [-0.2, -0.15) is 0 Å². The van der Waals surface area contributed by atoms with Crippen LogP contribution in [0, 0.1) is 11.8 Å². The third-order valence-electron chi connectivity index (χ3n) is 4.17. The number of hydrogen-bond donors (Lipinski definition) is 1. The summed E-state index contributed by atoms with van der Waals surface area (Å²) in [6, 6.07) is 0.421. The monoisotopic (exact) mass is 223 g/mol. The van der Waals surface area contributed by atoms with Crippen LogP contribution >= 0.6 is 0 Å². The molecule has 94 valence electrons. The lowest BCUT2D eigenvalue weighted by atomic mass is 9.76. The van der Waals surface area contributed by atoms with E-state index in [9.17, 15) is 0 Å². The Kier molecular flexibility index (Phi) is 6.79. The van der Waals surface area contributed by atoms with Gasteiger partial charge in [0, 0.05) is 6.04 Å². The van der Waals surface area contributed by atoms with Gasteiger partial charge in [0.25, 0.3) is 0 Å². The zero-order valence-electron chi connectivity index (χ0n) is 11.0.